The minimum atomic E-state index is -7.44. The Morgan fingerprint density at radius 3 is 1.00 bits per heavy atom. The van der Waals surface area contributed by atoms with Crippen molar-refractivity contribution in [2.24, 2.45) is 10.8 Å². The number of rotatable bonds is 1. The van der Waals surface area contributed by atoms with Crippen LogP contribution in [0.5, 0.6) is 0 Å². The van der Waals surface area contributed by atoms with Crippen LogP contribution in [0.3, 0.4) is 0 Å². The Bertz CT molecular complexity index is 607. The van der Waals surface area contributed by atoms with E-state index in [9.17, 15) is 61.5 Å². The van der Waals surface area contributed by atoms with Gasteiger partial charge in [0.15, 0.2) is 10.8 Å². The molecule has 0 heterocycles. The second-order valence-electron chi connectivity index (χ2n) is 7.15. The predicted molar refractivity (Wildman–Crippen MR) is 58.2 cm³/mol. The van der Waals surface area contributed by atoms with Crippen LogP contribution >= 0.6 is 0 Å². The Kier molecular flexibility index (Phi) is 3.08. The van der Waals surface area contributed by atoms with Gasteiger partial charge in [-0.15, -0.1) is 0 Å². The largest absolute Gasteiger partial charge is 0.338 e. The third-order valence-corrected chi connectivity index (χ3v) is 6.62. The van der Waals surface area contributed by atoms with Crippen LogP contribution in [-0.2, 0) is 0 Å². The third kappa shape index (κ3) is 1.10. The Morgan fingerprint density at radius 1 is 0.444 bits per heavy atom. The van der Waals surface area contributed by atoms with Crippen molar-refractivity contribution in [2.75, 3.05) is 0 Å². The van der Waals surface area contributed by atoms with E-state index in [4.69, 9.17) is 0 Å². The van der Waals surface area contributed by atoms with E-state index < -0.39 is 71.0 Å². The molecule has 4 saturated carbocycles. The Hall–Kier alpha value is -0.980. The Labute approximate surface area is 140 Å². The molecule has 2 atom stereocenters. The summed E-state index contributed by atoms with van der Waals surface area (Å²) in [6.45, 7) is -1.05. The summed E-state index contributed by atoms with van der Waals surface area (Å²) in [5.41, 5.74) is -26.0. The summed E-state index contributed by atoms with van der Waals surface area (Å²) in [5.74, 6) is -42.0. The van der Waals surface area contributed by atoms with Crippen LogP contribution in [0, 0.1) is 10.8 Å². The Balaban J connectivity index is 2.73. The summed E-state index contributed by atoms with van der Waals surface area (Å²) in [6.07, 6.45) is -2.46. The van der Waals surface area contributed by atoms with E-state index in [0.29, 0.717) is 0 Å². The van der Waals surface area contributed by atoms with E-state index in [2.05, 4.69) is 0 Å². The molecule has 0 radical (unpaired) electrons. The standard InChI is InChI=1S/C13H8F14/c1-3-5-8(16,17)4(2)9(18,19)6(14,11(5,22)23)13(26,27)7(15,10(4,20)21)12(5,24)25/h3H2,1-2H3. The quantitative estimate of drug-likeness (QED) is 0.472. The minimum Gasteiger partial charge on any atom is -0.223 e. The first-order valence-electron chi connectivity index (χ1n) is 7.21. The van der Waals surface area contributed by atoms with Crippen molar-refractivity contribution in [1.29, 1.82) is 0 Å². The van der Waals surface area contributed by atoms with Crippen LogP contribution in [0.4, 0.5) is 61.5 Å². The molecule has 0 aliphatic heterocycles. The van der Waals surface area contributed by atoms with Crippen LogP contribution in [0.2, 0.25) is 0 Å². The van der Waals surface area contributed by atoms with Gasteiger partial charge in [0.05, 0.1) is 0 Å². The van der Waals surface area contributed by atoms with E-state index in [1.807, 2.05) is 0 Å². The van der Waals surface area contributed by atoms with Gasteiger partial charge in [-0.2, -0.15) is 8.78 Å². The zero-order valence-corrected chi connectivity index (χ0v) is 13.0. The van der Waals surface area contributed by atoms with Gasteiger partial charge in [-0.05, 0) is 13.3 Å². The molecule has 0 aromatic heterocycles. The SMILES string of the molecule is CCC12C(F)(F)C3(C)C(F)(F)C(F)(C(F)(F)C(F)(C3(F)F)C1(F)F)C2(F)F. The normalized spacial score (nSPS) is 52.0. The van der Waals surface area contributed by atoms with Crippen molar-refractivity contribution in [3.05, 3.63) is 0 Å². The third-order valence-electron chi connectivity index (χ3n) is 6.62. The summed E-state index contributed by atoms with van der Waals surface area (Å²) in [5, 5.41) is 0. The minimum absolute atomic E-state index is 0.00657. The molecule has 0 N–H and O–H groups in total. The molecule has 0 nitrogen and oxygen atoms in total. The van der Waals surface area contributed by atoms with Gasteiger partial charge in [0, 0.05) is 0 Å². The van der Waals surface area contributed by atoms with Gasteiger partial charge in [-0.25, -0.2) is 52.7 Å². The monoisotopic (exact) mass is 430 g/mol. The fraction of sp³-hybridized carbons (Fsp3) is 1.00. The van der Waals surface area contributed by atoms with Crippen molar-refractivity contribution in [3.8, 4) is 0 Å². The van der Waals surface area contributed by atoms with Crippen molar-refractivity contribution in [3.63, 3.8) is 0 Å². The summed E-state index contributed by atoms with van der Waals surface area (Å²) in [6, 6.07) is 0. The lowest BCUT2D eigenvalue weighted by molar-refractivity contribution is -0.615. The lowest BCUT2D eigenvalue weighted by Gasteiger charge is -2.77. The number of alkyl halides is 14. The lowest BCUT2D eigenvalue weighted by atomic mass is 9.33. The van der Waals surface area contributed by atoms with Gasteiger partial charge >= 0.3 is 41.0 Å². The van der Waals surface area contributed by atoms with Crippen LogP contribution < -0.4 is 0 Å². The van der Waals surface area contributed by atoms with Crippen molar-refractivity contribution >= 4 is 0 Å². The van der Waals surface area contributed by atoms with E-state index in [1.165, 1.54) is 0 Å². The smallest absolute Gasteiger partial charge is 0.223 e. The fourth-order valence-corrected chi connectivity index (χ4v) is 4.97. The van der Waals surface area contributed by atoms with E-state index in [0.717, 1.165) is 0 Å². The molecule has 27 heavy (non-hydrogen) atoms. The van der Waals surface area contributed by atoms with Gasteiger partial charge in [-0.1, -0.05) is 6.92 Å². The topological polar surface area (TPSA) is 0 Å². The van der Waals surface area contributed by atoms with Gasteiger partial charge < -0.3 is 0 Å². The van der Waals surface area contributed by atoms with Crippen LogP contribution in [0.25, 0.3) is 0 Å². The highest BCUT2D eigenvalue weighted by Crippen LogP contribution is 2.92. The highest BCUT2D eigenvalue weighted by Gasteiger charge is 3.20. The zero-order chi connectivity index (χ0) is 21.7. The highest BCUT2D eigenvalue weighted by atomic mass is 19.3. The first-order valence-corrected chi connectivity index (χ1v) is 7.21. The highest BCUT2D eigenvalue weighted by molar-refractivity contribution is 5.50. The average Bonchev–Trinajstić information content (AvgIpc) is 2.48. The predicted octanol–water partition coefficient (Wildman–Crippen LogP) is 5.66. The van der Waals surface area contributed by atoms with Gasteiger partial charge in [0.2, 0.25) is 0 Å². The molecular weight excluding hydrogens is 422 g/mol. The molecular formula is C13H8F14. The van der Waals surface area contributed by atoms with Gasteiger partial charge in [0.1, 0.15) is 0 Å². The van der Waals surface area contributed by atoms with Gasteiger partial charge in [-0.3, -0.25) is 0 Å². The van der Waals surface area contributed by atoms with Crippen LogP contribution in [0.15, 0.2) is 0 Å². The fourth-order valence-electron chi connectivity index (χ4n) is 4.97. The summed E-state index contributed by atoms with van der Waals surface area (Å²) < 4.78 is 202. The molecule has 0 spiro atoms. The molecule has 2 unspecified atom stereocenters. The molecule has 0 amide bonds. The lowest BCUT2D eigenvalue weighted by Crippen LogP contribution is -3.05. The maximum Gasteiger partial charge on any atom is 0.338 e. The van der Waals surface area contributed by atoms with E-state index in [1.54, 1.807) is 0 Å². The number of hydrogen-bond donors (Lipinski definition) is 0. The summed E-state index contributed by atoms with van der Waals surface area (Å²) in [7, 11) is 0. The summed E-state index contributed by atoms with van der Waals surface area (Å²) in [4.78, 5) is 0. The van der Waals surface area contributed by atoms with Crippen molar-refractivity contribution in [1.82, 2.24) is 0 Å². The average molecular weight is 430 g/mol. The number of hydrogen-bond acceptors (Lipinski definition) is 0. The molecule has 4 fully saturated rings. The molecule has 4 aliphatic carbocycles. The molecule has 158 valence electrons. The second-order valence-corrected chi connectivity index (χ2v) is 7.15. The van der Waals surface area contributed by atoms with Crippen molar-refractivity contribution in [2.45, 2.75) is 67.1 Å². The second kappa shape index (κ2) is 4.01. The van der Waals surface area contributed by atoms with Crippen LogP contribution in [0.1, 0.15) is 20.3 Å². The molecule has 4 rings (SSSR count). The summed E-state index contributed by atoms with van der Waals surface area (Å²) >= 11 is 0. The van der Waals surface area contributed by atoms with Gasteiger partial charge in [0.25, 0.3) is 5.92 Å². The first kappa shape index (κ1) is 20.7. The molecule has 0 aromatic carbocycles. The maximum absolute atomic E-state index is 14.7. The Morgan fingerprint density at radius 2 is 0.741 bits per heavy atom. The molecule has 4 aliphatic rings. The zero-order valence-electron chi connectivity index (χ0n) is 13.0. The molecule has 0 saturated heterocycles. The molecule has 4 bridgehead atoms. The van der Waals surface area contributed by atoms with Crippen molar-refractivity contribution < 1.29 is 61.5 Å². The maximum atomic E-state index is 14.7. The molecule has 0 aromatic rings. The number of halogens is 14. The van der Waals surface area contributed by atoms with E-state index in [-0.39, 0.29) is 6.92 Å². The van der Waals surface area contributed by atoms with E-state index >= 15 is 0 Å². The van der Waals surface area contributed by atoms with Crippen LogP contribution in [-0.4, -0.2) is 46.9 Å². The molecule has 14 heteroatoms. The first-order chi connectivity index (χ1) is 11.6.